The van der Waals surface area contributed by atoms with Gasteiger partial charge in [-0.05, 0) is 44.1 Å². The fourth-order valence-electron chi connectivity index (χ4n) is 4.84. The van der Waals surface area contributed by atoms with Gasteiger partial charge in [0.2, 0.25) is 5.91 Å². The van der Waals surface area contributed by atoms with Crippen LogP contribution in [0.5, 0.6) is 0 Å². The molecule has 0 aromatic rings. The van der Waals surface area contributed by atoms with Crippen molar-refractivity contribution in [3.05, 3.63) is 11.8 Å². The number of hydrogen-bond donors (Lipinski definition) is 1. The molecule has 4 aliphatic rings. The van der Waals surface area contributed by atoms with Gasteiger partial charge in [-0.1, -0.05) is 0 Å². The van der Waals surface area contributed by atoms with Crippen LogP contribution in [0.15, 0.2) is 11.8 Å². The number of ether oxygens (including phenoxy) is 1. The van der Waals surface area contributed by atoms with Gasteiger partial charge in [-0.2, -0.15) is 0 Å². The van der Waals surface area contributed by atoms with Gasteiger partial charge in [-0.25, -0.2) is 4.79 Å². The van der Waals surface area contributed by atoms with Crippen LogP contribution in [0.25, 0.3) is 0 Å². The molecule has 0 radical (unpaired) electrons. The Morgan fingerprint density at radius 1 is 1.46 bits per heavy atom. The van der Waals surface area contributed by atoms with Crippen molar-refractivity contribution in [2.24, 2.45) is 5.41 Å². The first-order chi connectivity index (χ1) is 12.2. The van der Waals surface area contributed by atoms with E-state index in [9.17, 15) is 9.59 Å². The highest BCUT2D eigenvalue weighted by atomic mass is 16.6. The van der Waals surface area contributed by atoms with Crippen LogP contribution in [0, 0.1) is 5.41 Å². The van der Waals surface area contributed by atoms with E-state index in [0.717, 1.165) is 51.7 Å². The number of nitrogens with zero attached hydrogens (tertiary/aromatic N) is 2. The van der Waals surface area contributed by atoms with Crippen molar-refractivity contribution in [3.8, 4) is 0 Å². The van der Waals surface area contributed by atoms with Gasteiger partial charge in [-0.15, -0.1) is 0 Å². The predicted molar refractivity (Wildman–Crippen MR) is 89.2 cm³/mol. The second kappa shape index (κ2) is 5.97. The summed E-state index contributed by atoms with van der Waals surface area (Å²) in [5.74, 6) is 0.179. The van der Waals surface area contributed by atoms with Crippen LogP contribution >= 0.6 is 0 Å². The predicted octanol–water partition coefficient (Wildman–Crippen LogP) is 1.87. The van der Waals surface area contributed by atoms with E-state index in [-0.39, 0.29) is 23.4 Å². The molecule has 0 aromatic heterocycles. The summed E-state index contributed by atoms with van der Waals surface area (Å²) in [6.07, 6.45) is 6.99. The van der Waals surface area contributed by atoms with Gasteiger partial charge in [-0.3, -0.25) is 9.69 Å². The van der Waals surface area contributed by atoms with Gasteiger partial charge >= 0.3 is 6.09 Å². The number of rotatable bonds is 2. The van der Waals surface area contributed by atoms with Crippen molar-refractivity contribution in [1.29, 1.82) is 0 Å². The van der Waals surface area contributed by atoms with Gasteiger partial charge < -0.3 is 15.0 Å². The number of piperidine rings is 1. The molecule has 2 atom stereocenters. The van der Waals surface area contributed by atoms with Gasteiger partial charge in [0, 0.05) is 44.2 Å². The molecule has 4 aliphatic heterocycles. The smallest absolute Gasteiger partial charge is 0.410 e. The molecule has 6 nitrogen and oxygen atoms in total. The molecule has 6 heteroatoms. The van der Waals surface area contributed by atoms with Crippen LogP contribution in [0.1, 0.15) is 48.2 Å². The summed E-state index contributed by atoms with van der Waals surface area (Å²) in [5.41, 5.74) is 1.44. The van der Waals surface area contributed by atoms with E-state index in [2.05, 4.69) is 16.3 Å². The second-order valence-corrected chi connectivity index (χ2v) is 7.58. The van der Waals surface area contributed by atoms with E-state index in [1.807, 2.05) is 0 Å². The van der Waals surface area contributed by atoms with Gasteiger partial charge in [0.1, 0.15) is 0 Å². The van der Waals surface area contributed by atoms with Crippen molar-refractivity contribution < 1.29 is 17.1 Å². The molecule has 3 fully saturated rings. The van der Waals surface area contributed by atoms with Crippen molar-refractivity contribution >= 4 is 12.0 Å². The van der Waals surface area contributed by atoms with Crippen LogP contribution < -0.4 is 5.32 Å². The number of amides is 2. The Kier molecular flexibility index (Phi) is 3.37. The molecular weight excluding hydrogens is 306 g/mol. The summed E-state index contributed by atoms with van der Waals surface area (Å²) in [6, 6.07) is 0.102. The third-order valence-corrected chi connectivity index (χ3v) is 6.20. The maximum absolute atomic E-state index is 12.3. The number of carbonyl (C=O) groups excluding carboxylic acids is 2. The summed E-state index contributed by atoms with van der Waals surface area (Å²) < 4.78 is 19.9. The van der Waals surface area contributed by atoms with Crippen LogP contribution in [0.3, 0.4) is 0 Å². The second-order valence-electron chi connectivity index (χ2n) is 7.58. The van der Waals surface area contributed by atoms with Gasteiger partial charge in [0.25, 0.3) is 0 Å². The van der Waals surface area contributed by atoms with Crippen molar-refractivity contribution in [3.63, 3.8) is 0 Å². The summed E-state index contributed by atoms with van der Waals surface area (Å²) in [6.45, 7) is 2.03. The SMILES string of the molecule is [2H]C([2H])(C)OC(=O)N1C2C=C(N3CCC4(CC3)CNC(=O)C4)CC1CC2. The molecule has 2 amide bonds. The summed E-state index contributed by atoms with van der Waals surface area (Å²) >= 11 is 0. The fraction of sp³-hybridized carbons (Fsp3) is 0.778. The monoisotopic (exact) mass is 335 g/mol. The van der Waals surface area contributed by atoms with Crippen LogP contribution in [-0.2, 0) is 9.53 Å². The minimum absolute atomic E-state index is 0.00390. The number of nitrogens with one attached hydrogen (secondary N) is 1. The quantitative estimate of drug-likeness (QED) is 0.837. The lowest BCUT2D eigenvalue weighted by Crippen LogP contribution is -2.47. The van der Waals surface area contributed by atoms with Crippen LogP contribution in [0.2, 0.25) is 0 Å². The molecule has 1 N–H and O–H groups in total. The third-order valence-electron chi connectivity index (χ3n) is 6.20. The molecule has 0 saturated carbocycles. The zero-order valence-corrected chi connectivity index (χ0v) is 14.2. The average Bonchev–Trinajstić information content (AvgIpc) is 3.04. The Morgan fingerprint density at radius 3 is 2.88 bits per heavy atom. The largest absolute Gasteiger partial charge is 0.450 e. The average molecular weight is 335 g/mol. The Bertz CT molecular complexity index is 638. The maximum atomic E-state index is 12.3. The molecule has 1 spiro atoms. The van der Waals surface area contributed by atoms with Crippen LogP contribution in [0.4, 0.5) is 4.79 Å². The molecule has 2 unspecified atom stereocenters. The molecule has 2 bridgehead atoms. The number of hydrogen-bond acceptors (Lipinski definition) is 4. The lowest BCUT2D eigenvalue weighted by atomic mass is 9.77. The summed E-state index contributed by atoms with van der Waals surface area (Å²) in [5, 5.41) is 2.97. The Morgan fingerprint density at radius 2 is 2.25 bits per heavy atom. The molecule has 0 aliphatic carbocycles. The first-order valence-electron chi connectivity index (χ1n) is 9.98. The Balaban J connectivity index is 1.40. The molecule has 3 saturated heterocycles. The minimum Gasteiger partial charge on any atom is -0.450 e. The minimum atomic E-state index is -1.95. The molecule has 132 valence electrons. The zero-order valence-electron chi connectivity index (χ0n) is 16.2. The maximum Gasteiger partial charge on any atom is 0.410 e. The standard InChI is InChI=1S/C18H27N3O3/c1-2-24-17(23)21-13-3-4-14(21)10-15(9-13)20-7-5-18(6-8-20)11-16(22)19-12-18/h9,13-14H,2-8,10-12H2,1H3,(H,19,22)/i2D2. The normalized spacial score (nSPS) is 33.0. The molecule has 0 aromatic carbocycles. The van der Waals surface area contributed by atoms with Crippen molar-refractivity contribution in [2.75, 3.05) is 26.2 Å². The summed E-state index contributed by atoms with van der Waals surface area (Å²) in [4.78, 5) is 28.1. The highest BCUT2D eigenvalue weighted by molar-refractivity contribution is 5.79. The highest BCUT2D eigenvalue weighted by Gasteiger charge is 2.44. The van der Waals surface area contributed by atoms with Crippen molar-refractivity contribution in [1.82, 2.24) is 15.1 Å². The Hall–Kier alpha value is -1.72. The summed E-state index contributed by atoms with van der Waals surface area (Å²) in [7, 11) is 0. The van der Waals surface area contributed by atoms with Crippen LogP contribution in [-0.4, -0.2) is 60.1 Å². The fourth-order valence-corrected chi connectivity index (χ4v) is 4.84. The molecular formula is C18H27N3O3. The lowest BCUT2D eigenvalue weighted by Gasteiger charge is -2.43. The Labute approximate surface area is 146 Å². The molecule has 4 heterocycles. The highest BCUT2D eigenvalue weighted by Crippen LogP contribution is 2.41. The number of likely N-dealkylation sites (tertiary alicyclic amines) is 1. The number of carbonyl (C=O) groups is 2. The third kappa shape index (κ3) is 2.66. The first kappa shape index (κ1) is 13.6. The van der Waals surface area contributed by atoms with E-state index in [4.69, 9.17) is 7.48 Å². The van der Waals surface area contributed by atoms with Gasteiger partial charge in [0.05, 0.1) is 15.3 Å². The van der Waals surface area contributed by atoms with Gasteiger partial charge in [0.15, 0.2) is 0 Å². The molecule has 4 rings (SSSR count). The van der Waals surface area contributed by atoms with E-state index >= 15 is 0 Å². The van der Waals surface area contributed by atoms with Crippen molar-refractivity contribution in [2.45, 2.75) is 57.5 Å². The topological polar surface area (TPSA) is 61.9 Å². The van der Waals surface area contributed by atoms with E-state index in [0.29, 0.717) is 6.42 Å². The first-order valence-corrected chi connectivity index (χ1v) is 8.98. The van der Waals surface area contributed by atoms with E-state index in [1.165, 1.54) is 12.6 Å². The molecule has 24 heavy (non-hydrogen) atoms. The number of fused-ring (bicyclic) bond motifs is 2. The lowest BCUT2D eigenvalue weighted by molar-refractivity contribution is -0.119. The van der Waals surface area contributed by atoms with E-state index < -0.39 is 12.7 Å². The zero-order chi connectivity index (χ0) is 18.5. The van der Waals surface area contributed by atoms with E-state index in [1.54, 1.807) is 4.90 Å².